The number of hydrogen-bond acceptors (Lipinski definition) is 4. The minimum atomic E-state index is -0.491. The molecule has 0 aliphatic carbocycles. The van der Waals surface area contributed by atoms with E-state index in [1.54, 1.807) is 11.1 Å². The van der Waals surface area contributed by atoms with Gasteiger partial charge in [0, 0.05) is 6.20 Å². The van der Waals surface area contributed by atoms with E-state index in [1.807, 2.05) is 40.7 Å². The quantitative estimate of drug-likeness (QED) is 0.861. The third kappa shape index (κ3) is 5.34. The van der Waals surface area contributed by atoms with Crippen molar-refractivity contribution in [1.82, 2.24) is 9.88 Å². The molecule has 0 saturated heterocycles. The van der Waals surface area contributed by atoms with E-state index in [2.05, 4.69) is 4.98 Å². The summed E-state index contributed by atoms with van der Waals surface area (Å²) >= 11 is 0. The van der Waals surface area contributed by atoms with Gasteiger partial charge in [-0.2, -0.15) is 0 Å². The molecule has 1 N–H and O–H groups in total. The summed E-state index contributed by atoms with van der Waals surface area (Å²) < 4.78 is 5.32. The summed E-state index contributed by atoms with van der Waals surface area (Å²) in [5.74, 6) is 0. The molecule has 0 atom stereocenters. The molecule has 21 heavy (non-hydrogen) atoms. The molecule has 5 nitrogen and oxygen atoms in total. The molecule has 0 unspecified atom stereocenters. The molecule has 1 aliphatic heterocycles. The predicted molar refractivity (Wildman–Crippen MR) is 83.7 cm³/mol. The van der Waals surface area contributed by atoms with Crippen LogP contribution in [0.4, 0.5) is 4.79 Å². The number of nitrogens with zero attached hydrogens (tertiary/aromatic N) is 2. The van der Waals surface area contributed by atoms with E-state index in [0.29, 0.717) is 13.1 Å². The standard InChI is InChI=1S/C13H18N2O3.C2H6.CH4/c1-13(2,3)18-12(17)15-6-10-4-9(8-16)5-14-11(10)7-15;1-2;/h4-5,16H,6-8H2,1-3H3;1-2H3;1H4. The number of fused-ring (bicyclic) bond motifs is 1. The molecule has 1 aromatic rings. The van der Waals surface area contributed by atoms with Crippen molar-refractivity contribution in [1.29, 1.82) is 0 Å². The number of amides is 1. The van der Waals surface area contributed by atoms with Crippen molar-refractivity contribution in [2.45, 2.75) is 67.3 Å². The van der Waals surface area contributed by atoms with E-state index in [1.165, 1.54) is 0 Å². The highest BCUT2D eigenvalue weighted by atomic mass is 16.6. The van der Waals surface area contributed by atoms with E-state index >= 15 is 0 Å². The van der Waals surface area contributed by atoms with Crippen molar-refractivity contribution < 1.29 is 14.6 Å². The lowest BCUT2D eigenvalue weighted by atomic mass is 10.2. The van der Waals surface area contributed by atoms with Gasteiger partial charge in [-0.3, -0.25) is 9.88 Å². The summed E-state index contributed by atoms with van der Waals surface area (Å²) in [5, 5.41) is 9.05. The molecule has 2 heterocycles. The van der Waals surface area contributed by atoms with Gasteiger partial charge in [0.25, 0.3) is 0 Å². The summed E-state index contributed by atoms with van der Waals surface area (Å²) in [4.78, 5) is 17.8. The number of hydrogen-bond donors (Lipinski definition) is 1. The largest absolute Gasteiger partial charge is 0.444 e. The molecular formula is C16H28N2O3. The summed E-state index contributed by atoms with van der Waals surface area (Å²) in [7, 11) is 0. The third-order valence-electron chi connectivity index (χ3n) is 2.65. The second-order valence-electron chi connectivity index (χ2n) is 5.44. The van der Waals surface area contributed by atoms with Crippen LogP contribution in [0, 0.1) is 0 Å². The van der Waals surface area contributed by atoms with Gasteiger partial charge >= 0.3 is 6.09 Å². The minimum absolute atomic E-state index is 0. The smallest absolute Gasteiger partial charge is 0.410 e. The van der Waals surface area contributed by atoms with Gasteiger partial charge in [-0.05, 0) is 38.0 Å². The first-order valence-electron chi connectivity index (χ1n) is 6.94. The Labute approximate surface area is 128 Å². The van der Waals surface area contributed by atoms with Gasteiger partial charge in [0.05, 0.1) is 25.4 Å². The molecule has 5 heteroatoms. The lowest BCUT2D eigenvalue weighted by Gasteiger charge is -2.23. The topological polar surface area (TPSA) is 62.7 Å². The lowest BCUT2D eigenvalue weighted by molar-refractivity contribution is 0.0240. The van der Waals surface area contributed by atoms with Crippen LogP contribution in [0.25, 0.3) is 0 Å². The fourth-order valence-corrected chi connectivity index (χ4v) is 1.85. The summed E-state index contributed by atoms with van der Waals surface area (Å²) in [6.07, 6.45) is 1.31. The summed E-state index contributed by atoms with van der Waals surface area (Å²) in [6, 6.07) is 1.88. The summed E-state index contributed by atoms with van der Waals surface area (Å²) in [5.41, 5.74) is 2.13. The normalized spacial score (nSPS) is 12.8. The maximum absolute atomic E-state index is 11.9. The Bertz CT molecular complexity index is 467. The van der Waals surface area contributed by atoms with Crippen LogP contribution in [-0.4, -0.2) is 26.7 Å². The fourth-order valence-electron chi connectivity index (χ4n) is 1.85. The van der Waals surface area contributed by atoms with E-state index in [0.717, 1.165) is 16.8 Å². The molecule has 1 aromatic heterocycles. The molecule has 0 bridgehead atoms. The van der Waals surface area contributed by atoms with Crippen molar-refractivity contribution in [3.63, 3.8) is 0 Å². The highest BCUT2D eigenvalue weighted by molar-refractivity contribution is 5.69. The van der Waals surface area contributed by atoms with Crippen molar-refractivity contribution >= 4 is 6.09 Å². The Hall–Kier alpha value is -1.62. The Balaban J connectivity index is 0.00000128. The zero-order chi connectivity index (χ0) is 15.3. The van der Waals surface area contributed by atoms with E-state index in [4.69, 9.17) is 9.84 Å². The maximum Gasteiger partial charge on any atom is 0.410 e. The van der Waals surface area contributed by atoms with Crippen LogP contribution in [0.15, 0.2) is 12.3 Å². The lowest BCUT2D eigenvalue weighted by Crippen LogP contribution is -2.33. The number of aliphatic hydroxyl groups excluding tert-OH is 1. The van der Waals surface area contributed by atoms with Crippen molar-refractivity contribution in [3.05, 3.63) is 29.1 Å². The zero-order valence-corrected chi connectivity index (χ0v) is 12.9. The van der Waals surface area contributed by atoms with Crippen molar-refractivity contribution in [3.8, 4) is 0 Å². The van der Waals surface area contributed by atoms with E-state index < -0.39 is 5.60 Å². The molecule has 0 fully saturated rings. The van der Waals surface area contributed by atoms with Gasteiger partial charge in [-0.1, -0.05) is 21.3 Å². The number of carbonyl (C=O) groups excluding carboxylic acids is 1. The predicted octanol–water partition coefficient (Wildman–Crippen LogP) is 3.49. The molecule has 0 aromatic carbocycles. The van der Waals surface area contributed by atoms with Crippen molar-refractivity contribution in [2.24, 2.45) is 0 Å². The van der Waals surface area contributed by atoms with Gasteiger partial charge in [-0.15, -0.1) is 0 Å². The monoisotopic (exact) mass is 296 g/mol. The number of pyridine rings is 1. The SMILES string of the molecule is C.CC.CC(C)(C)OC(=O)N1Cc2cc(CO)cnc2C1. The number of rotatable bonds is 1. The van der Waals surface area contributed by atoms with E-state index in [-0.39, 0.29) is 20.1 Å². The van der Waals surface area contributed by atoms with E-state index in [9.17, 15) is 4.79 Å². The van der Waals surface area contributed by atoms with Crippen LogP contribution in [0.3, 0.4) is 0 Å². The Morgan fingerprint density at radius 3 is 2.52 bits per heavy atom. The molecule has 0 saturated carbocycles. The average molecular weight is 296 g/mol. The molecule has 1 aliphatic rings. The summed E-state index contributed by atoms with van der Waals surface area (Å²) in [6.45, 7) is 10.5. The molecule has 0 radical (unpaired) electrons. The third-order valence-corrected chi connectivity index (χ3v) is 2.65. The molecular weight excluding hydrogens is 268 g/mol. The van der Waals surface area contributed by atoms with Gasteiger partial charge < -0.3 is 9.84 Å². The van der Waals surface area contributed by atoms with Crippen LogP contribution >= 0.6 is 0 Å². The number of aromatic nitrogens is 1. The highest BCUT2D eigenvalue weighted by Crippen LogP contribution is 2.23. The fraction of sp³-hybridized carbons (Fsp3) is 0.625. The van der Waals surface area contributed by atoms with Gasteiger partial charge in [0.2, 0.25) is 0 Å². The Morgan fingerprint density at radius 1 is 1.38 bits per heavy atom. The number of ether oxygens (including phenoxy) is 1. The molecule has 2 rings (SSSR count). The van der Waals surface area contributed by atoms with Crippen LogP contribution < -0.4 is 0 Å². The zero-order valence-electron chi connectivity index (χ0n) is 12.9. The Morgan fingerprint density at radius 2 is 2.00 bits per heavy atom. The first kappa shape index (κ1) is 19.4. The maximum atomic E-state index is 11.9. The van der Waals surface area contributed by atoms with Crippen LogP contribution in [-0.2, 0) is 24.4 Å². The van der Waals surface area contributed by atoms with Crippen molar-refractivity contribution in [2.75, 3.05) is 0 Å². The minimum Gasteiger partial charge on any atom is -0.444 e. The van der Waals surface area contributed by atoms with Crippen LogP contribution in [0.2, 0.25) is 0 Å². The van der Waals surface area contributed by atoms with Gasteiger partial charge in [0.15, 0.2) is 0 Å². The first-order valence-corrected chi connectivity index (χ1v) is 6.94. The Kier molecular flexibility index (Phi) is 7.36. The average Bonchev–Trinajstić information content (AvgIpc) is 2.82. The molecule has 1 amide bonds. The first-order chi connectivity index (χ1) is 9.39. The molecule has 0 spiro atoms. The number of carbonyl (C=O) groups is 1. The van der Waals surface area contributed by atoms with Gasteiger partial charge in [0.1, 0.15) is 5.60 Å². The second kappa shape index (κ2) is 7.98. The van der Waals surface area contributed by atoms with Crippen LogP contribution in [0.1, 0.15) is 58.9 Å². The van der Waals surface area contributed by atoms with Crippen LogP contribution in [0.5, 0.6) is 0 Å². The second-order valence-corrected chi connectivity index (χ2v) is 5.44. The number of aliphatic hydroxyl groups is 1. The molecule has 120 valence electrons. The van der Waals surface area contributed by atoms with Gasteiger partial charge in [-0.25, -0.2) is 4.79 Å². The highest BCUT2D eigenvalue weighted by Gasteiger charge is 2.28.